The Kier molecular flexibility index (Phi) is 2.13. The molecule has 4 fully saturated rings. The number of rotatable bonds is 2. The van der Waals surface area contributed by atoms with E-state index in [9.17, 15) is 9.90 Å². The number of aliphatic hydroxyl groups is 1. The fourth-order valence-corrected chi connectivity index (χ4v) is 4.92. The lowest BCUT2D eigenvalue weighted by Crippen LogP contribution is -2.58. The molecule has 2 unspecified atom stereocenters. The molecule has 4 rings (SSSR count). The van der Waals surface area contributed by atoms with E-state index in [0.29, 0.717) is 11.8 Å². The van der Waals surface area contributed by atoms with Crippen LogP contribution in [-0.4, -0.2) is 23.2 Å². The van der Waals surface area contributed by atoms with Gasteiger partial charge in [0.25, 0.3) is 0 Å². The lowest BCUT2D eigenvalue weighted by molar-refractivity contribution is -0.163. The lowest BCUT2D eigenvalue weighted by Gasteiger charge is -2.60. The quantitative estimate of drug-likeness (QED) is 0.744. The van der Waals surface area contributed by atoms with Crippen LogP contribution in [0.1, 0.15) is 45.4 Å². The molecule has 0 aromatic heterocycles. The highest BCUT2D eigenvalue weighted by Crippen LogP contribution is 2.61. The average Bonchev–Trinajstić information content (AvgIpc) is 2.10. The van der Waals surface area contributed by atoms with Crippen molar-refractivity contribution >= 4 is 5.91 Å². The van der Waals surface area contributed by atoms with Crippen molar-refractivity contribution in [3.8, 4) is 0 Å². The van der Waals surface area contributed by atoms with Crippen LogP contribution >= 0.6 is 0 Å². The van der Waals surface area contributed by atoms with Crippen molar-refractivity contribution in [2.75, 3.05) is 6.54 Å². The van der Waals surface area contributed by atoms with Crippen LogP contribution in [0.25, 0.3) is 0 Å². The van der Waals surface area contributed by atoms with Crippen LogP contribution in [0.3, 0.4) is 0 Å². The third kappa shape index (κ3) is 1.65. The van der Waals surface area contributed by atoms with E-state index in [1.54, 1.807) is 6.92 Å². The first-order valence-corrected chi connectivity index (χ1v) is 6.46. The molecule has 90 valence electrons. The number of nitrogens with one attached hydrogen (secondary N) is 1. The van der Waals surface area contributed by atoms with Gasteiger partial charge in [0.2, 0.25) is 5.91 Å². The standard InChI is InChI=1S/C13H21NO2/c1-9(15)14-8-12-3-10-2-11(4-12)6-13(16,5-10)7-12/h10-11,16H,2-8H2,1H3,(H,14,15)/t10-,11+,12?,13?. The maximum atomic E-state index is 11.0. The van der Waals surface area contributed by atoms with Gasteiger partial charge in [-0.3, -0.25) is 4.79 Å². The van der Waals surface area contributed by atoms with E-state index in [4.69, 9.17) is 0 Å². The van der Waals surface area contributed by atoms with Crippen LogP contribution in [0, 0.1) is 17.3 Å². The molecule has 0 aliphatic heterocycles. The first kappa shape index (κ1) is 10.6. The van der Waals surface area contributed by atoms with Gasteiger partial charge in [-0.05, 0) is 55.8 Å². The molecule has 0 radical (unpaired) electrons. The topological polar surface area (TPSA) is 49.3 Å². The maximum Gasteiger partial charge on any atom is 0.216 e. The van der Waals surface area contributed by atoms with E-state index in [2.05, 4.69) is 5.32 Å². The number of hydrogen-bond donors (Lipinski definition) is 2. The molecule has 4 bridgehead atoms. The highest BCUT2D eigenvalue weighted by Gasteiger charge is 2.56. The molecule has 4 aliphatic rings. The van der Waals surface area contributed by atoms with Gasteiger partial charge >= 0.3 is 0 Å². The van der Waals surface area contributed by atoms with Crippen molar-refractivity contribution in [3.05, 3.63) is 0 Å². The van der Waals surface area contributed by atoms with Crippen LogP contribution < -0.4 is 5.32 Å². The summed E-state index contributed by atoms with van der Waals surface area (Å²) in [4.78, 5) is 11.0. The summed E-state index contributed by atoms with van der Waals surface area (Å²) in [5.74, 6) is 1.47. The van der Waals surface area contributed by atoms with Gasteiger partial charge in [-0.1, -0.05) is 0 Å². The van der Waals surface area contributed by atoms with Gasteiger partial charge in [-0.2, -0.15) is 0 Å². The van der Waals surface area contributed by atoms with Crippen LogP contribution in [0.5, 0.6) is 0 Å². The highest BCUT2D eigenvalue weighted by molar-refractivity contribution is 5.72. The maximum absolute atomic E-state index is 11.0. The summed E-state index contributed by atoms with van der Waals surface area (Å²) >= 11 is 0. The summed E-state index contributed by atoms with van der Waals surface area (Å²) < 4.78 is 0. The monoisotopic (exact) mass is 223 g/mol. The second-order valence-corrected chi connectivity index (χ2v) is 6.60. The third-order valence-electron chi connectivity index (χ3n) is 4.86. The summed E-state index contributed by atoms with van der Waals surface area (Å²) in [5, 5.41) is 13.5. The number of amides is 1. The molecule has 0 spiro atoms. The molecular weight excluding hydrogens is 202 g/mol. The van der Waals surface area contributed by atoms with Crippen LogP contribution in [0.4, 0.5) is 0 Å². The highest BCUT2D eigenvalue weighted by atomic mass is 16.3. The van der Waals surface area contributed by atoms with Crippen LogP contribution in [0.15, 0.2) is 0 Å². The minimum absolute atomic E-state index is 0.0581. The Balaban J connectivity index is 1.78. The zero-order chi connectivity index (χ0) is 11.4. The Morgan fingerprint density at radius 3 is 2.44 bits per heavy atom. The minimum atomic E-state index is -0.400. The molecule has 0 saturated heterocycles. The Labute approximate surface area is 96.6 Å². The molecule has 4 aliphatic carbocycles. The smallest absolute Gasteiger partial charge is 0.216 e. The van der Waals surface area contributed by atoms with Crippen LogP contribution in [-0.2, 0) is 4.79 Å². The second-order valence-electron chi connectivity index (χ2n) is 6.60. The van der Waals surface area contributed by atoms with Crippen molar-refractivity contribution < 1.29 is 9.90 Å². The number of carbonyl (C=O) groups excluding carboxylic acids is 1. The molecule has 3 heteroatoms. The molecule has 1 amide bonds. The van der Waals surface area contributed by atoms with Crippen molar-refractivity contribution in [1.82, 2.24) is 5.32 Å². The molecule has 4 atom stereocenters. The van der Waals surface area contributed by atoms with Crippen molar-refractivity contribution in [1.29, 1.82) is 0 Å². The fourth-order valence-electron chi connectivity index (χ4n) is 4.92. The molecule has 3 nitrogen and oxygen atoms in total. The first-order chi connectivity index (χ1) is 7.49. The zero-order valence-corrected chi connectivity index (χ0v) is 9.96. The summed E-state index contributed by atoms with van der Waals surface area (Å²) in [6.07, 6.45) is 6.66. The molecule has 4 saturated carbocycles. The van der Waals surface area contributed by atoms with Gasteiger partial charge in [0.1, 0.15) is 0 Å². The van der Waals surface area contributed by atoms with Gasteiger partial charge < -0.3 is 10.4 Å². The van der Waals surface area contributed by atoms with Crippen molar-refractivity contribution in [2.45, 2.75) is 51.0 Å². The molecule has 0 aromatic carbocycles. The van der Waals surface area contributed by atoms with E-state index >= 15 is 0 Å². The predicted octanol–water partition coefficient (Wildman–Crippen LogP) is 1.45. The van der Waals surface area contributed by atoms with Gasteiger partial charge in [-0.25, -0.2) is 0 Å². The minimum Gasteiger partial charge on any atom is -0.390 e. The molecule has 16 heavy (non-hydrogen) atoms. The summed E-state index contributed by atoms with van der Waals surface area (Å²) in [6, 6.07) is 0. The normalized spacial score (nSPS) is 49.4. The largest absolute Gasteiger partial charge is 0.390 e. The van der Waals surface area contributed by atoms with E-state index in [0.717, 1.165) is 25.8 Å². The molecular formula is C13H21NO2. The average molecular weight is 223 g/mol. The van der Waals surface area contributed by atoms with Gasteiger partial charge in [0.05, 0.1) is 5.60 Å². The second kappa shape index (κ2) is 3.22. The predicted molar refractivity (Wildman–Crippen MR) is 60.7 cm³/mol. The van der Waals surface area contributed by atoms with Crippen molar-refractivity contribution in [3.63, 3.8) is 0 Å². The van der Waals surface area contributed by atoms with Gasteiger partial charge in [-0.15, -0.1) is 0 Å². The Hall–Kier alpha value is -0.570. The molecule has 0 heterocycles. The number of carbonyl (C=O) groups is 1. The molecule has 2 N–H and O–H groups in total. The first-order valence-electron chi connectivity index (χ1n) is 6.46. The zero-order valence-electron chi connectivity index (χ0n) is 9.96. The number of hydrogen-bond acceptors (Lipinski definition) is 2. The molecule has 0 aromatic rings. The summed E-state index contributed by atoms with van der Waals surface area (Å²) in [6.45, 7) is 2.35. The lowest BCUT2D eigenvalue weighted by atomic mass is 9.48. The van der Waals surface area contributed by atoms with Gasteiger partial charge in [0, 0.05) is 13.5 Å². The Bertz CT molecular complexity index is 312. The summed E-state index contributed by atoms with van der Waals surface area (Å²) in [7, 11) is 0. The fraction of sp³-hybridized carbons (Fsp3) is 0.923. The summed E-state index contributed by atoms with van der Waals surface area (Å²) in [5.41, 5.74) is -0.187. The van der Waals surface area contributed by atoms with Gasteiger partial charge in [0.15, 0.2) is 0 Å². The third-order valence-corrected chi connectivity index (χ3v) is 4.86. The van der Waals surface area contributed by atoms with E-state index in [1.165, 1.54) is 19.3 Å². The van der Waals surface area contributed by atoms with Crippen LogP contribution in [0.2, 0.25) is 0 Å². The SMILES string of the molecule is CC(=O)NCC12C[C@@H]3C[C@@H](CC(O)(C3)C1)C2. The Morgan fingerprint density at radius 2 is 1.94 bits per heavy atom. The Morgan fingerprint density at radius 1 is 1.31 bits per heavy atom. The van der Waals surface area contributed by atoms with E-state index < -0.39 is 5.60 Å². The van der Waals surface area contributed by atoms with Crippen molar-refractivity contribution in [2.24, 2.45) is 17.3 Å². The van der Waals surface area contributed by atoms with E-state index in [1.807, 2.05) is 0 Å². The van der Waals surface area contributed by atoms with E-state index in [-0.39, 0.29) is 11.3 Å².